The van der Waals surface area contributed by atoms with Crippen LogP contribution in [0.2, 0.25) is 0 Å². The van der Waals surface area contributed by atoms with Crippen LogP contribution >= 0.6 is 27.7 Å². The van der Waals surface area contributed by atoms with E-state index in [1.165, 1.54) is 18.6 Å². The molecule has 1 fully saturated rings. The van der Waals surface area contributed by atoms with E-state index in [4.69, 9.17) is 9.31 Å². The molecule has 2 aromatic rings. The van der Waals surface area contributed by atoms with Gasteiger partial charge < -0.3 is 49.7 Å². The maximum Gasteiger partial charge on any atom is 0.480 e. The van der Waals surface area contributed by atoms with E-state index in [1.807, 2.05) is 49.5 Å². The molecule has 0 spiro atoms. The highest BCUT2D eigenvalue weighted by Crippen LogP contribution is 2.53. The Morgan fingerprint density at radius 1 is 1.04 bits per heavy atom. The molecule has 3 atom stereocenters. The van der Waals surface area contributed by atoms with Crippen LogP contribution in [0.4, 0.5) is 4.79 Å². The topological polar surface area (TPSA) is 233 Å². The van der Waals surface area contributed by atoms with E-state index >= 15 is 0 Å². The maximum atomic E-state index is 13.8. The first-order valence-corrected chi connectivity index (χ1v) is 19.8. The molecule has 1 aromatic carbocycles. The molecule has 1 aliphatic rings. The van der Waals surface area contributed by atoms with Crippen LogP contribution in [0.3, 0.4) is 0 Å². The lowest BCUT2D eigenvalue weighted by Crippen LogP contribution is -2.56. The molecule has 49 heavy (non-hydrogen) atoms. The number of hydrogen-bond acceptors (Lipinski definition) is 12. The van der Waals surface area contributed by atoms with Gasteiger partial charge in [-0.15, -0.1) is 0 Å². The van der Waals surface area contributed by atoms with Crippen LogP contribution in [0.25, 0.3) is 0 Å². The summed E-state index contributed by atoms with van der Waals surface area (Å²) in [4.78, 5) is 86.0. The van der Waals surface area contributed by atoms with Crippen LogP contribution in [-0.4, -0.2) is 115 Å². The molecule has 1 unspecified atom stereocenters. The van der Waals surface area contributed by atoms with Gasteiger partial charge >= 0.3 is 14.7 Å². The third-order valence-corrected chi connectivity index (χ3v) is 10.9. The first-order valence-electron chi connectivity index (χ1n) is 15.9. The molecule has 3 rings (SSSR count). The quantitative estimate of drug-likeness (QED) is 0.102. The number of rotatable bonds is 15. The van der Waals surface area contributed by atoms with Crippen molar-refractivity contribution < 1.29 is 47.8 Å². The Morgan fingerprint density at radius 2 is 1.71 bits per heavy atom. The molecular formula is C29H45BN6O10P2S. The smallest absolute Gasteiger partial charge is 0.410 e. The largest absolute Gasteiger partial charge is 0.480 e. The van der Waals surface area contributed by atoms with Gasteiger partial charge in [-0.2, -0.15) is 0 Å². The predicted octanol–water partition coefficient (Wildman–Crippen LogP) is 1.71. The number of benzene rings is 1. The van der Waals surface area contributed by atoms with Gasteiger partial charge in [0.25, 0.3) is 11.1 Å². The Kier molecular flexibility index (Phi) is 17.5. The predicted molar refractivity (Wildman–Crippen MR) is 186 cm³/mol. The zero-order chi connectivity index (χ0) is 35.8. The summed E-state index contributed by atoms with van der Waals surface area (Å²) in [5.74, 6) is -0.905. The molecule has 16 nitrogen and oxygen atoms in total. The number of amides is 3. The fraction of sp³-hybridized carbons (Fsp3) is 0.552. The van der Waals surface area contributed by atoms with Crippen molar-refractivity contribution in [3.05, 3.63) is 60.2 Å². The van der Waals surface area contributed by atoms with Gasteiger partial charge in [0, 0.05) is 57.4 Å². The van der Waals surface area contributed by atoms with Crippen LogP contribution in [0.1, 0.15) is 49.2 Å². The molecule has 2 heterocycles. The number of carbonyl (C=O) groups excluding carboxylic acids is 3. The van der Waals surface area contributed by atoms with Crippen molar-refractivity contribution in [2.75, 3.05) is 38.6 Å². The highest BCUT2D eigenvalue weighted by molar-refractivity contribution is 8.13. The molecule has 270 valence electrons. The van der Waals surface area contributed by atoms with Crippen molar-refractivity contribution in [1.29, 1.82) is 0 Å². The molecule has 0 saturated carbocycles. The van der Waals surface area contributed by atoms with Crippen molar-refractivity contribution in [3.63, 3.8) is 0 Å². The Bertz CT molecular complexity index is 1360. The Balaban J connectivity index is 1.58. The Labute approximate surface area is 291 Å². The van der Waals surface area contributed by atoms with E-state index in [1.54, 1.807) is 0 Å². The van der Waals surface area contributed by atoms with Gasteiger partial charge in [-0.1, -0.05) is 55.9 Å². The average molecular weight is 743 g/mol. The van der Waals surface area contributed by atoms with Crippen molar-refractivity contribution in [1.82, 2.24) is 30.8 Å². The Morgan fingerprint density at radius 3 is 2.29 bits per heavy atom. The summed E-state index contributed by atoms with van der Waals surface area (Å²) in [6, 6.07) is 8.47. The summed E-state index contributed by atoms with van der Waals surface area (Å²) in [6.07, 6.45) is 6.28. The zero-order valence-electron chi connectivity index (χ0n) is 27.5. The number of aromatic nitrogens is 2. The van der Waals surface area contributed by atoms with E-state index in [0.29, 0.717) is 57.9 Å². The number of carbonyl (C=O) groups is 3. The highest BCUT2D eigenvalue weighted by Gasteiger charge is 2.37. The van der Waals surface area contributed by atoms with Crippen LogP contribution in [0.15, 0.2) is 48.9 Å². The lowest BCUT2D eigenvalue weighted by atomic mass is 9.73. The summed E-state index contributed by atoms with van der Waals surface area (Å²) < 4.78 is 23.7. The fourth-order valence-electron chi connectivity index (χ4n) is 5.02. The lowest BCUT2D eigenvalue weighted by molar-refractivity contribution is -0.123. The Hall–Kier alpha value is -2.50. The molecule has 0 aliphatic carbocycles. The molecule has 20 heteroatoms. The average Bonchev–Trinajstić information content (AvgIpc) is 3.05. The second kappa shape index (κ2) is 21.0. The van der Waals surface area contributed by atoms with E-state index in [2.05, 4.69) is 25.5 Å². The van der Waals surface area contributed by atoms with Crippen LogP contribution in [0, 0.1) is 5.92 Å². The minimum absolute atomic E-state index is 0.0952. The molecule has 1 aromatic heterocycles. The van der Waals surface area contributed by atoms with Gasteiger partial charge in [0.15, 0.2) is 0 Å². The van der Waals surface area contributed by atoms with E-state index in [-0.39, 0.29) is 23.9 Å². The van der Waals surface area contributed by atoms with Crippen molar-refractivity contribution in [3.8, 4) is 0 Å². The lowest BCUT2D eigenvalue weighted by Gasteiger charge is -2.30. The summed E-state index contributed by atoms with van der Waals surface area (Å²) in [5, 5.41) is 7.12. The van der Waals surface area contributed by atoms with Gasteiger partial charge in [-0.25, -0.2) is 4.98 Å². The van der Waals surface area contributed by atoms with Crippen LogP contribution in [-0.2, 0) is 25.1 Å². The van der Waals surface area contributed by atoms with Crippen molar-refractivity contribution in [2.24, 2.45) is 5.92 Å². The molecular weight excluding hydrogens is 697 g/mol. The molecule has 0 radical (unpaired) electrons. The minimum atomic E-state index is -4.93. The molecule has 1 saturated heterocycles. The molecule has 1 aliphatic heterocycles. The van der Waals surface area contributed by atoms with Gasteiger partial charge in [-0.3, -0.25) is 23.9 Å². The van der Waals surface area contributed by atoms with Gasteiger partial charge in [0.2, 0.25) is 19.8 Å². The fourth-order valence-corrected chi connectivity index (χ4v) is 7.52. The third-order valence-electron chi connectivity index (χ3n) is 7.31. The monoisotopic (exact) mass is 742 g/mol. The first kappa shape index (κ1) is 40.9. The number of thioether (sulfide) groups is 1. The van der Waals surface area contributed by atoms with Gasteiger partial charge in [0.1, 0.15) is 11.7 Å². The summed E-state index contributed by atoms with van der Waals surface area (Å²) in [5.41, 5.74) is -1.08. The number of hydrogen-bond donors (Lipinski definition) is 7. The van der Waals surface area contributed by atoms with Crippen molar-refractivity contribution >= 4 is 51.9 Å². The minimum Gasteiger partial charge on any atom is -0.410 e. The maximum absolute atomic E-state index is 13.8. The summed E-state index contributed by atoms with van der Waals surface area (Å²) >= 11 is 0.791. The summed E-state index contributed by atoms with van der Waals surface area (Å²) in [6.45, 7) is 6.51. The van der Waals surface area contributed by atoms with Crippen molar-refractivity contribution in [2.45, 2.75) is 57.0 Å². The first-order chi connectivity index (χ1) is 23.3. The molecule has 3 amide bonds. The van der Waals surface area contributed by atoms with Crippen LogP contribution < -0.4 is 16.0 Å². The standard InChI is InChI=1S/C29H45BN6O10P2S/c1-21(2)18-25(34-26(37)23(19-22-8-4-3-5-9-22)33-27(38)24-20-31-10-11-32-24)30-45-15-6-12-36(13-7-16-46-30)14-17-49-28(39)35-29(47(40)41)48(42,43)44/h3-5,8-11,20-21,23,25,29,40-41H,6-7,12-19H2,1-2H3,(H,33,38)(H,34,37)(H,35,39)(H2,42,43,44)/t23-,25-,29?/m1/s1. The number of nitrogens with one attached hydrogen (secondary N) is 3. The second-order valence-corrected chi connectivity index (χ2v) is 16.1. The van der Waals surface area contributed by atoms with E-state index < -0.39 is 51.7 Å². The van der Waals surface area contributed by atoms with Crippen LogP contribution in [0.5, 0.6) is 0 Å². The van der Waals surface area contributed by atoms with E-state index in [9.17, 15) is 38.5 Å². The van der Waals surface area contributed by atoms with Gasteiger partial charge in [-0.05, 0) is 30.7 Å². The zero-order valence-corrected chi connectivity index (χ0v) is 30.1. The van der Waals surface area contributed by atoms with Gasteiger partial charge in [0.05, 0.1) is 12.1 Å². The summed E-state index contributed by atoms with van der Waals surface area (Å²) in [7, 11) is -8.71. The normalized spacial score (nSPS) is 16.9. The third kappa shape index (κ3) is 15.1. The molecule has 7 N–H and O–H groups in total. The van der Waals surface area contributed by atoms with E-state index in [0.717, 1.165) is 17.3 Å². The highest BCUT2D eigenvalue weighted by atomic mass is 32.2. The number of nitrogens with zero attached hydrogens (tertiary/aromatic N) is 3. The SMILES string of the molecule is CC(C)C[C@@H](NC(=O)[C@@H](Cc1ccccc1)NC(=O)c1cnccn1)B1OCCCN(CCSC(=O)NC(P(O)O)P(=O)(O)O)CCCO1. The molecule has 0 bridgehead atoms. The second-order valence-electron chi connectivity index (χ2n) is 11.8.